The molecule has 0 amide bonds. The van der Waals surface area contributed by atoms with Crippen molar-refractivity contribution in [1.82, 2.24) is 15.0 Å². The number of ether oxygens (including phenoxy) is 1. The second kappa shape index (κ2) is 6.63. The van der Waals surface area contributed by atoms with Gasteiger partial charge in [-0.15, -0.1) is 0 Å². The van der Waals surface area contributed by atoms with Gasteiger partial charge in [0.2, 0.25) is 5.88 Å². The third-order valence-corrected chi connectivity index (χ3v) is 2.95. The Kier molecular flexibility index (Phi) is 4.63. The first kappa shape index (κ1) is 15.4. The molecule has 0 radical (unpaired) electrons. The zero-order chi connectivity index (χ0) is 16.1. The molecular formula is C15H18N6O. The fourth-order valence-electron chi connectivity index (χ4n) is 1.98. The van der Waals surface area contributed by atoms with Gasteiger partial charge in [0.05, 0.1) is 12.0 Å². The first-order valence-electron chi connectivity index (χ1n) is 6.81. The number of H-pyrrole nitrogens is 1. The molecule has 2 heterocycles. The lowest BCUT2D eigenvalue weighted by Crippen LogP contribution is -2.06. The maximum absolute atomic E-state index is 9.07. The lowest BCUT2D eigenvalue weighted by Gasteiger charge is -2.10. The van der Waals surface area contributed by atoms with Gasteiger partial charge in [-0.1, -0.05) is 13.8 Å². The summed E-state index contributed by atoms with van der Waals surface area (Å²) < 4.78 is 5.75. The summed E-state index contributed by atoms with van der Waals surface area (Å²) in [5.41, 5.74) is 13.1. The summed E-state index contributed by atoms with van der Waals surface area (Å²) in [6, 6.07) is 1.93. The van der Waals surface area contributed by atoms with Gasteiger partial charge in [0.1, 0.15) is 23.7 Å². The number of aromatic nitrogens is 3. The molecule has 7 nitrogen and oxygen atoms in total. The molecule has 0 atom stereocenters. The first-order chi connectivity index (χ1) is 10.6. The molecule has 0 unspecified atom stereocenters. The SMILES string of the molecule is CC(C)COc1ncnc2[nH]cc(C(/C=C\N)=C(/N)C#N)c12. The minimum absolute atomic E-state index is 0.0567. The number of allylic oxidation sites excluding steroid dienone is 3. The van der Waals surface area contributed by atoms with Crippen molar-refractivity contribution in [1.29, 1.82) is 5.26 Å². The molecule has 2 aromatic heterocycles. The van der Waals surface area contributed by atoms with Crippen molar-refractivity contribution in [3.63, 3.8) is 0 Å². The molecular weight excluding hydrogens is 280 g/mol. The number of aromatic amines is 1. The highest BCUT2D eigenvalue weighted by molar-refractivity contribution is 5.97. The molecule has 0 bridgehead atoms. The molecule has 0 aliphatic rings. The molecule has 22 heavy (non-hydrogen) atoms. The van der Waals surface area contributed by atoms with Crippen molar-refractivity contribution in [2.24, 2.45) is 17.4 Å². The van der Waals surface area contributed by atoms with Crippen LogP contribution in [0.25, 0.3) is 16.6 Å². The van der Waals surface area contributed by atoms with Crippen LogP contribution in [0.5, 0.6) is 5.88 Å². The highest BCUT2D eigenvalue weighted by Crippen LogP contribution is 2.31. The zero-order valence-corrected chi connectivity index (χ0v) is 12.5. The molecule has 0 aliphatic carbocycles. The van der Waals surface area contributed by atoms with Crippen LogP contribution < -0.4 is 16.2 Å². The Balaban J connectivity index is 2.62. The number of nitrogens with zero attached hydrogens (tertiary/aromatic N) is 3. The van der Waals surface area contributed by atoms with Crippen molar-refractivity contribution in [3.8, 4) is 11.9 Å². The molecule has 2 aromatic rings. The quantitative estimate of drug-likeness (QED) is 0.569. The van der Waals surface area contributed by atoms with E-state index in [2.05, 4.69) is 15.0 Å². The second-order valence-electron chi connectivity index (χ2n) is 5.11. The predicted molar refractivity (Wildman–Crippen MR) is 84.3 cm³/mol. The van der Waals surface area contributed by atoms with Crippen LogP contribution in [0.3, 0.4) is 0 Å². The maximum Gasteiger partial charge on any atom is 0.226 e. The van der Waals surface area contributed by atoms with Crippen molar-refractivity contribution in [3.05, 3.63) is 36.1 Å². The number of hydrogen-bond acceptors (Lipinski definition) is 6. The van der Waals surface area contributed by atoms with Gasteiger partial charge in [-0.05, 0) is 18.2 Å². The Morgan fingerprint density at radius 2 is 2.27 bits per heavy atom. The second-order valence-corrected chi connectivity index (χ2v) is 5.11. The maximum atomic E-state index is 9.07. The number of fused-ring (bicyclic) bond motifs is 1. The van der Waals surface area contributed by atoms with E-state index in [4.69, 9.17) is 21.5 Å². The minimum Gasteiger partial charge on any atom is -0.477 e. The molecule has 7 heteroatoms. The molecule has 0 saturated heterocycles. The first-order valence-corrected chi connectivity index (χ1v) is 6.81. The fourth-order valence-corrected chi connectivity index (χ4v) is 1.98. The Morgan fingerprint density at radius 1 is 1.50 bits per heavy atom. The van der Waals surface area contributed by atoms with E-state index >= 15 is 0 Å². The van der Waals surface area contributed by atoms with Crippen LogP contribution in [0.4, 0.5) is 0 Å². The van der Waals surface area contributed by atoms with Gasteiger partial charge in [0.25, 0.3) is 0 Å². The van der Waals surface area contributed by atoms with Gasteiger partial charge in [-0.25, -0.2) is 9.97 Å². The summed E-state index contributed by atoms with van der Waals surface area (Å²) in [6.07, 6.45) is 6.03. The molecule has 0 aromatic carbocycles. The van der Waals surface area contributed by atoms with Crippen molar-refractivity contribution < 1.29 is 4.74 Å². The average molecular weight is 298 g/mol. The minimum atomic E-state index is 0.0567. The zero-order valence-electron chi connectivity index (χ0n) is 12.5. The highest BCUT2D eigenvalue weighted by atomic mass is 16.5. The molecule has 2 rings (SSSR count). The molecule has 5 N–H and O–H groups in total. The normalized spacial score (nSPS) is 12.6. The van der Waals surface area contributed by atoms with Crippen molar-refractivity contribution >= 4 is 16.6 Å². The van der Waals surface area contributed by atoms with E-state index in [1.807, 2.05) is 19.9 Å². The number of hydrogen-bond donors (Lipinski definition) is 3. The van der Waals surface area contributed by atoms with Crippen LogP contribution in [0.15, 0.2) is 30.5 Å². The van der Waals surface area contributed by atoms with E-state index in [9.17, 15) is 0 Å². The summed E-state index contributed by atoms with van der Waals surface area (Å²) in [6.45, 7) is 4.62. The highest BCUT2D eigenvalue weighted by Gasteiger charge is 2.16. The molecule has 0 saturated carbocycles. The van der Waals surface area contributed by atoms with Crippen LogP contribution >= 0.6 is 0 Å². The third kappa shape index (κ3) is 3.01. The largest absolute Gasteiger partial charge is 0.477 e. The Bertz CT molecular complexity index is 766. The summed E-state index contributed by atoms with van der Waals surface area (Å²) in [4.78, 5) is 11.4. The van der Waals surface area contributed by atoms with Gasteiger partial charge in [-0.2, -0.15) is 5.26 Å². The van der Waals surface area contributed by atoms with Gasteiger partial charge >= 0.3 is 0 Å². The van der Waals surface area contributed by atoms with Crippen LogP contribution in [0, 0.1) is 17.2 Å². The third-order valence-electron chi connectivity index (χ3n) is 2.95. The topological polar surface area (TPSA) is 127 Å². The van der Waals surface area contributed by atoms with Crippen LogP contribution in [-0.2, 0) is 0 Å². The molecule has 114 valence electrons. The standard InChI is InChI=1S/C15H18N6O/c1-9(2)7-22-15-13-11(6-19-14(13)20-8-21-15)10(3-4-16)12(18)5-17/h3-4,6,8-9H,7,16,18H2,1-2H3,(H,19,20,21)/b4-3-,12-10+. The summed E-state index contributed by atoms with van der Waals surface area (Å²) in [5, 5.41) is 9.74. The van der Waals surface area contributed by atoms with Crippen molar-refractivity contribution in [2.45, 2.75) is 13.8 Å². The fraction of sp³-hybridized carbons (Fsp3) is 0.267. The van der Waals surface area contributed by atoms with Crippen LogP contribution in [-0.4, -0.2) is 21.6 Å². The van der Waals surface area contributed by atoms with E-state index < -0.39 is 0 Å². The van der Waals surface area contributed by atoms with Crippen molar-refractivity contribution in [2.75, 3.05) is 6.61 Å². The monoisotopic (exact) mass is 298 g/mol. The van der Waals surface area contributed by atoms with Gasteiger partial charge < -0.3 is 21.2 Å². The summed E-state index contributed by atoms with van der Waals surface area (Å²) >= 11 is 0. The average Bonchev–Trinajstić information content (AvgIpc) is 2.94. The van der Waals surface area contributed by atoms with E-state index in [0.29, 0.717) is 40.6 Å². The lowest BCUT2D eigenvalue weighted by molar-refractivity contribution is 0.264. The number of nitrogens with two attached hydrogens (primary N) is 2. The Hall–Kier alpha value is -3.01. The molecule has 0 fully saturated rings. The van der Waals surface area contributed by atoms with Gasteiger partial charge in [-0.3, -0.25) is 0 Å². The summed E-state index contributed by atoms with van der Waals surface area (Å²) in [5.74, 6) is 0.805. The van der Waals surface area contributed by atoms with E-state index in [0.717, 1.165) is 0 Å². The summed E-state index contributed by atoms with van der Waals surface area (Å²) in [7, 11) is 0. The number of rotatable bonds is 5. The number of nitrogens with one attached hydrogen (secondary N) is 1. The number of nitriles is 1. The van der Waals surface area contributed by atoms with Gasteiger partial charge in [0, 0.05) is 17.3 Å². The van der Waals surface area contributed by atoms with E-state index in [1.54, 1.807) is 12.3 Å². The smallest absolute Gasteiger partial charge is 0.226 e. The van der Waals surface area contributed by atoms with Crippen LogP contribution in [0.1, 0.15) is 19.4 Å². The van der Waals surface area contributed by atoms with E-state index in [1.165, 1.54) is 12.5 Å². The van der Waals surface area contributed by atoms with Crippen LogP contribution in [0.2, 0.25) is 0 Å². The predicted octanol–water partition coefficient (Wildman–Crippen LogP) is 1.66. The molecule has 0 aliphatic heterocycles. The molecule has 0 spiro atoms. The van der Waals surface area contributed by atoms with E-state index in [-0.39, 0.29) is 5.70 Å². The lowest BCUT2D eigenvalue weighted by atomic mass is 10.0. The Labute approximate surface area is 128 Å². The van der Waals surface area contributed by atoms with Gasteiger partial charge in [0.15, 0.2) is 0 Å². The Morgan fingerprint density at radius 3 is 2.91 bits per heavy atom.